The summed E-state index contributed by atoms with van der Waals surface area (Å²) in [6.45, 7) is 19.0. The minimum Gasteiger partial charge on any atom is -0.497 e. The number of halogens is 1. The number of carbonyl (C=O) groups excluding carboxylic acids is 9. The number of hydrogen-bond donors (Lipinski definition) is 1. The minimum atomic E-state index is -0.830. The van der Waals surface area contributed by atoms with Gasteiger partial charge >= 0.3 is 24.5 Å². The summed E-state index contributed by atoms with van der Waals surface area (Å²) in [7, 11) is 5.70. The van der Waals surface area contributed by atoms with Gasteiger partial charge in [0.25, 0.3) is 0 Å². The van der Waals surface area contributed by atoms with E-state index in [0.29, 0.717) is 77.0 Å². The predicted molar refractivity (Wildman–Crippen MR) is 313 cm³/mol. The maximum Gasteiger partial charge on any atom is 0.508 e. The average molecular weight is 1240 g/mol. The van der Waals surface area contributed by atoms with Crippen molar-refractivity contribution in [3.8, 4) is 11.5 Å². The summed E-state index contributed by atoms with van der Waals surface area (Å²) < 4.78 is 39.7. The van der Waals surface area contributed by atoms with E-state index in [9.17, 15) is 48.3 Å². The molecule has 1 N–H and O–H groups in total. The van der Waals surface area contributed by atoms with Gasteiger partial charge in [-0.15, -0.1) is 0 Å². The fourth-order valence-corrected chi connectivity index (χ4v) is 8.50. The summed E-state index contributed by atoms with van der Waals surface area (Å²) in [5.74, 6) is 1.81. The lowest BCUT2D eigenvalue weighted by Gasteiger charge is -2.40. The first-order valence-corrected chi connectivity index (χ1v) is 28.1. The van der Waals surface area contributed by atoms with Gasteiger partial charge in [-0.2, -0.15) is 0 Å². The molecule has 3 heterocycles. The summed E-state index contributed by atoms with van der Waals surface area (Å²) in [4.78, 5) is 114. The zero-order valence-electron chi connectivity index (χ0n) is 50.0. The van der Waals surface area contributed by atoms with Crippen LogP contribution in [-0.4, -0.2) is 237 Å². The number of rotatable bonds is 16. The predicted octanol–water partition coefficient (Wildman–Crippen LogP) is 6.42. The molecule has 0 bridgehead atoms. The van der Waals surface area contributed by atoms with E-state index in [1.807, 2.05) is 53.4 Å². The topological polar surface area (TPSA) is 267 Å². The van der Waals surface area contributed by atoms with Gasteiger partial charge in [0.05, 0.1) is 65.0 Å². The number of benzene rings is 2. The number of hydrogen-bond acceptors (Lipinski definition) is 19. The third-order valence-electron chi connectivity index (χ3n) is 12.7. The van der Waals surface area contributed by atoms with Gasteiger partial charge in [0.1, 0.15) is 47.5 Å². The number of aryl methyl sites for hydroxylation is 2. The van der Waals surface area contributed by atoms with Gasteiger partial charge in [-0.3, -0.25) is 38.7 Å². The van der Waals surface area contributed by atoms with Crippen molar-refractivity contribution in [3.63, 3.8) is 0 Å². The third-order valence-corrected chi connectivity index (χ3v) is 13.4. The molecule has 3 atom stereocenters. The van der Waals surface area contributed by atoms with Crippen LogP contribution in [0, 0.1) is 0 Å². The van der Waals surface area contributed by atoms with Gasteiger partial charge in [0, 0.05) is 92.5 Å². The van der Waals surface area contributed by atoms with Crippen LogP contribution in [0.1, 0.15) is 93.7 Å². The Hall–Kier alpha value is -6.73. The molecule has 3 fully saturated rings. The molecule has 0 aliphatic carbocycles. The Morgan fingerprint density at radius 3 is 1.25 bits per heavy atom. The fourth-order valence-electron chi connectivity index (χ4n) is 8.22. The lowest BCUT2D eigenvalue weighted by molar-refractivity contribution is -0.134. The Bertz CT molecular complexity index is 2360. The van der Waals surface area contributed by atoms with E-state index in [0.717, 1.165) is 23.5 Å². The smallest absolute Gasteiger partial charge is 0.497 e. The second kappa shape index (κ2) is 37.5. The number of aliphatic hydroxyl groups is 1. The molecule has 3 saturated heterocycles. The van der Waals surface area contributed by atoms with Crippen LogP contribution >= 0.6 is 15.9 Å². The standard InChI is InChI=1S/C20H28N2O6.C14H24N2O6.C12H22N2O4.C11H13BrO2.CH4/c1-15(23)21-10-11-22(17(12-21)14-28-20(25)27-3)13-18(24)7-4-16-5-8-19(26-2)9-6-16;1-10(17)15-6-7-16(12(18)22-14(2,3)4)11(8-15)9-21-13(19)20-5;1-9(16)13-5-6-14(10(7-13)8-15)11(17)18-12(2,3)4;1-14-11-6-3-9(4-7-11)2-5-10(13)8-12;/h5-6,8-9,17H,4,7,10-14H2,1-3H3;11H,6-9H2,1-5H3;10,15H,5-8H2,1-4H3;3-4,6-7H,2,5,8H2,1H3;1H4. The summed E-state index contributed by atoms with van der Waals surface area (Å²) in [5.41, 5.74) is 1.05. The molecule has 2 aromatic carbocycles. The van der Waals surface area contributed by atoms with Gasteiger partial charge in [0.2, 0.25) is 17.7 Å². The highest BCUT2D eigenvalue weighted by molar-refractivity contribution is 9.09. The van der Waals surface area contributed by atoms with E-state index < -0.39 is 47.8 Å². The number of aliphatic hydroxyl groups excluding tert-OH is 1. The summed E-state index contributed by atoms with van der Waals surface area (Å²) in [6, 6.07) is 14.4. The highest BCUT2D eigenvalue weighted by Gasteiger charge is 2.36. The fraction of sp³-hybridized carbons (Fsp3) is 0.638. The zero-order valence-corrected chi connectivity index (χ0v) is 51.6. The number of alkyl halides is 1. The largest absolute Gasteiger partial charge is 0.508 e. The number of amides is 5. The van der Waals surface area contributed by atoms with Crippen molar-refractivity contribution in [1.82, 2.24) is 29.4 Å². The van der Waals surface area contributed by atoms with Crippen LogP contribution in [0.4, 0.5) is 19.2 Å². The Kier molecular flexibility index (Phi) is 33.5. The molecule has 0 saturated carbocycles. The Balaban J connectivity index is 0.000000568. The Morgan fingerprint density at radius 2 is 0.892 bits per heavy atom. The maximum atomic E-state index is 12.5. The van der Waals surface area contributed by atoms with Crippen LogP contribution in [0.3, 0.4) is 0 Å². The van der Waals surface area contributed by atoms with Crippen molar-refractivity contribution >= 4 is 69.7 Å². The molecule has 24 nitrogen and oxygen atoms in total. The average Bonchev–Trinajstić information content (AvgIpc) is 3.46. The van der Waals surface area contributed by atoms with Crippen molar-refractivity contribution in [1.29, 1.82) is 0 Å². The number of Topliss-reactive ketones (excluding diaryl/α,β-unsaturated/α-hetero) is 2. The summed E-state index contributed by atoms with van der Waals surface area (Å²) in [5, 5.41) is 9.77. The normalized spacial score (nSPS) is 16.9. The number of methoxy groups -OCH3 is 4. The molecule has 0 spiro atoms. The third kappa shape index (κ3) is 28.9. The van der Waals surface area contributed by atoms with Gasteiger partial charge in [-0.25, -0.2) is 19.2 Å². The molecular formula is C58H91BrN6O18. The van der Waals surface area contributed by atoms with E-state index in [4.69, 9.17) is 28.4 Å². The van der Waals surface area contributed by atoms with E-state index in [2.05, 4.69) is 25.4 Å². The van der Waals surface area contributed by atoms with E-state index in [-0.39, 0.29) is 75.7 Å². The van der Waals surface area contributed by atoms with Gasteiger partial charge < -0.3 is 57.7 Å². The Morgan fingerprint density at radius 1 is 0.530 bits per heavy atom. The quantitative estimate of drug-likeness (QED) is 0.108. The first-order chi connectivity index (χ1) is 38.6. The second-order valence-electron chi connectivity index (χ2n) is 21.3. The van der Waals surface area contributed by atoms with Crippen LogP contribution in [0.5, 0.6) is 11.5 Å². The molecule has 468 valence electrons. The molecule has 0 aromatic heterocycles. The molecule has 3 unspecified atom stereocenters. The lowest BCUT2D eigenvalue weighted by Crippen LogP contribution is -2.58. The van der Waals surface area contributed by atoms with E-state index in [1.165, 1.54) is 50.4 Å². The number of ether oxygens (including phenoxy) is 8. The lowest BCUT2D eigenvalue weighted by atomic mass is 10.1. The van der Waals surface area contributed by atoms with Crippen molar-refractivity contribution < 1.29 is 86.2 Å². The number of piperazine rings is 3. The molecule has 25 heteroatoms. The number of nitrogens with zero attached hydrogens (tertiary/aromatic N) is 6. The van der Waals surface area contributed by atoms with Crippen molar-refractivity contribution in [2.45, 2.75) is 125 Å². The monoisotopic (exact) mass is 1240 g/mol. The van der Waals surface area contributed by atoms with Crippen LogP contribution in [0.15, 0.2) is 48.5 Å². The molecular weight excluding hydrogens is 1150 g/mol. The SMILES string of the molecule is C.CC(=O)N1CCN(C(=O)OC(C)(C)C)C(CO)C1.COC(=O)OCC1CN(C(C)=O)CCN1C(=O)OC(C)(C)C.COC(=O)OCC1CN(C(C)=O)CCN1CC(=O)CCc1ccc(OC)cc1.COc1ccc(CCC(=O)CBr)cc1. The van der Waals surface area contributed by atoms with Gasteiger partial charge in [0.15, 0.2) is 0 Å². The highest BCUT2D eigenvalue weighted by Crippen LogP contribution is 2.20. The van der Waals surface area contributed by atoms with Crippen LogP contribution < -0.4 is 9.47 Å². The second-order valence-corrected chi connectivity index (χ2v) is 21.9. The van der Waals surface area contributed by atoms with Crippen molar-refractivity contribution in [2.75, 3.05) is 119 Å². The minimum absolute atomic E-state index is 0. The van der Waals surface area contributed by atoms with Crippen LogP contribution in [-0.2, 0) is 65.2 Å². The summed E-state index contributed by atoms with van der Waals surface area (Å²) >= 11 is 3.14. The van der Waals surface area contributed by atoms with E-state index >= 15 is 0 Å². The van der Waals surface area contributed by atoms with Crippen LogP contribution in [0.2, 0.25) is 0 Å². The first kappa shape index (κ1) is 74.3. The number of carbonyl (C=O) groups is 9. The number of ketones is 2. The van der Waals surface area contributed by atoms with Crippen LogP contribution in [0.25, 0.3) is 0 Å². The molecule has 3 aliphatic rings. The van der Waals surface area contributed by atoms with Crippen molar-refractivity contribution in [3.05, 3.63) is 59.7 Å². The van der Waals surface area contributed by atoms with E-state index in [1.54, 1.807) is 70.5 Å². The maximum absolute atomic E-state index is 12.5. The molecule has 5 amide bonds. The molecule has 0 radical (unpaired) electrons. The Labute approximate surface area is 498 Å². The zero-order chi connectivity index (χ0) is 61.7. The highest BCUT2D eigenvalue weighted by atomic mass is 79.9. The molecule has 2 aromatic rings. The van der Waals surface area contributed by atoms with Gasteiger partial charge in [-0.05, 0) is 89.8 Å². The first-order valence-electron chi connectivity index (χ1n) is 26.9. The van der Waals surface area contributed by atoms with Crippen molar-refractivity contribution in [2.24, 2.45) is 0 Å². The molecule has 5 rings (SSSR count). The summed E-state index contributed by atoms with van der Waals surface area (Å²) in [6.07, 6.45) is -0.0659. The van der Waals surface area contributed by atoms with Gasteiger partial charge in [-0.1, -0.05) is 47.6 Å². The molecule has 83 heavy (non-hydrogen) atoms. The molecule has 3 aliphatic heterocycles.